The zero-order chi connectivity index (χ0) is 10.7. The monoisotopic (exact) mass is 202 g/mol. The number of hydrogen-bond acceptors (Lipinski definition) is 3. The van der Waals surface area contributed by atoms with Crippen molar-refractivity contribution in [3.8, 4) is 0 Å². The lowest BCUT2D eigenvalue weighted by molar-refractivity contribution is 0.277. The van der Waals surface area contributed by atoms with E-state index in [0.717, 1.165) is 16.5 Å². The van der Waals surface area contributed by atoms with Crippen molar-refractivity contribution in [1.82, 2.24) is 4.98 Å². The summed E-state index contributed by atoms with van der Waals surface area (Å²) in [7, 11) is 0. The van der Waals surface area contributed by atoms with E-state index in [4.69, 9.17) is 10.8 Å². The lowest BCUT2D eigenvalue weighted by Gasteiger charge is -2.12. The predicted octanol–water partition coefficient (Wildman–Crippen LogP) is 1.62. The van der Waals surface area contributed by atoms with Gasteiger partial charge in [0.15, 0.2) is 0 Å². The molecule has 0 aliphatic carbocycles. The highest BCUT2D eigenvalue weighted by Gasteiger charge is 2.08. The van der Waals surface area contributed by atoms with Gasteiger partial charge in [-0.2, -0.15) is 0 Å². The van der Waals surface area contributed by atoms with E-state index in [1.165, 1.54) is 0 Å². The second-order valence-corrected chi connectivity index (χ2v) is 3.54. The van der Waals surface area contributed by atoms with Gasteiger partial charge in [0.1, 0.15) is 0 Å². The highest BCUT2D eigenvalue weighted by molar-refractivity contribution is 5.82. The number of pyridine rings is 1. The molecule has 0 radical (unpaired) electrons. The van der Waals surface area contributed by atoms with E-state index >= 15 is 0 Å². The van der Waals surface area contributed by atoms with Gasteiger partial charge in [0, 0.05) is 24.2 Å². The predicted molar refractivity (Wildman–Crippen MR) is 60.4 cm³/mol. The Kier molecular flexibility index (Phi) is 2.94. The number of rotatable bonds is 3. The molecule has 0 saturated heterocycles. The summed E-state index contributed by atoms with van der Waals surface area (Å²) in [6.45, 7) is 0.109. The molecular weight excluding hydrogens is 188 g/mol. The molecule has 0 fully saturated rings. The maximum absolute atomic E-state index is 8.87. The zero-order valence-corrected chi connectivity index (χ0v) is 8.43. The standard InChI is InChI=1S/C12H14N2O/c13-11(6-8-15)9-5-7-14-12-4-2-1-3-10(9)12/h1-5,7,11,15H,6,8,13H2. The van der Waals surface area contributed by atoms with E-state index in [1.54, 1.807) is 6.20 Å². The summed E-state index contributed by atoms with van der Waals surface area (Å²) < 4.78 is 0. The van der Waals surface area contributed by atoms with E-state index in [9.17, 15) is 0 Å². The lowest BCUT2D eigenvalue weighted by Crippen LogP contribution is -2.12. The maximum atomic E-state index is 8.87. The van der Waals surface area contributed by atoms with Gasteiger partial charge < -0.3 is 10.8 Å². The summed E-state index contributed by atoms with van der Waals surface area (Å²) in [6.07, 6.45) is 2.34. The number of benzene rings is 1. The van der Waals surface area contributed by atoms with Crippen molar-refractivity contribution in [1.29, 1.82) is 0 Å². The molecule has 0 aliphatic rings. The third-order valence-corrected chi connectivity index (χ3v) is 2.52. The van der Waals surface area contributed by atoms with Crippen LogP contribution in [-0.2, 0) is 0 Å². The van der Waals surface area contributed by atoms with Crippen molar-refractivity contribution in [3.63, 3.8) is 0 Å². The number of fused-ring (bicyclic) bond motifs is 1. The summed E-state index contributed by atoms with van der Waals surface area (Å²) in [5.74, 6) is 0. The number of aromatic nitrogens is 1. The Morgan fingerprint density at radius 1 is 1.27 bits per heavy atom. The molecular formula is C12H14N2O. The van der Waals surface area contributed by atoms with Crippen molar-refractivity contribution < 1.29 is 5.11 Å². The average Bonchev–Trinajstić information content (AvgIpc) is 2.28. The number of para-hydroxylation sites is 1. The Bertz CT molecular complexity index is 451. The molecule has 1 aromatic heterocycles. The second kappa shape index (κ2) is 4.38. The van der Waals surface area contributed by atoms with Gasteiger partial charge in [-0.25, -0.2) is 0 Å². The minimum Gasteiger partial charge on any atom is -0.396 e. The van der Waals surface area contributed by atoms with Crippen LogP contribution in [0.3, 0.4) is 0 Å². The second-order valence-electron chi connectivity index (χ2n) is 3.54. The van der Waals surface area contributed by atoms with Crippen LogP contribution in [0.1, 0.15) is 18.0 Å². The molecule has 3 heteroatoms. The van der Waals surface area contributed by atoms with Gasteiger partial charge in [0.05, 0.1) is 5.52 Å². The quantitative estimate of drug-likeness (QED) is 0.795. The normalized spacial score (nSPS) is 12.9. The van der Waals surface area contributed by atoms with Crippen LogP contribution < -0.4 is 5.73 Å². The number of aliphatic hydroxyl groups excluding tert-OH is 1. The van der Waals surface area contributed by atoms with Crippen molar-refractivity contribution in [2.45, 2.75) is 12.5 Å². The first-order chi connectivity index (χ1) is 7.33. The van der Waals surface area contributed by atoms with Crippen LogP contribution in [0.15, 0.2) is 36.5 Å². The van der Waals surface area contributed by atoms with Crippen molar-refractivity contribution >= 4 is 10.9 Å². The van der Waals surface area contributed by atoms with Crippen molar-refractivity contribution in [3.05, 3.63) is 42.1 Å². The van der Waals surface area contributed by atoms with Gasteiger partial charge in [-0.1, -0.05) is 18.2 Å². The highest BCUT2D eigenvalue weighted by atomic mass is 16.3. The Morgan fingerprint density at radius 2 is 2.07 bits per heavy atom. The molecule has 3 N–H and O–H groups in total. The van der Waals surface area contributed by atoms with E-state index < -0.39 is 0 Å². The molecule has 1 aromatic carbocycles. The van der Waals surface area contributed by atoms with Crippen LogP contribution in [0.25, 0.3) is 10.9 Å². The number of nitrogens with zero attached hydrogens (tertiary/aromatic N) is 1. The fraction of sp³-hybridized carbons (Fsp3) is 0.250. The van der Waals surface area contributed by atoms with Gasteiger partial charge in [0.25, 0.3) is 0 Å². The largest absolute Gasteiger partial charge is 0.396 e. The minimum absolute atomic E-state index is 0.109. The van der Waals surface area contributed by atoms with Crippen LogP contribution in [0.2, 0.25) is 0 Å². The molecule has 0 saturated carbocycles. The van der Waals surface area contributed by atoms with Crippen LogP contribution >= 0.6 is 0 Å². The third-order valence-electron chi connectivity index (χ3n) is 2.52. The molecule has 0 amide bonds. The summed E-state index contributed by atoms with van der Waals surface area (Å²) in [6, 6.07) is 9.70. The molecule has 0 aliphatic heterocycles. The van der Waals surface area contributed by atoms with Crippen LogP contribution in [-0.4, -0.2) is 16.7 Å². The van der Waals surface area contributed by atoms with Crippen LogP contribution in [0.5, 0.6) is 0 Å². The number of hydrogen-bond donors (Lipinski definition) is 2. The van der Waals surface area contributed by atoms with Crippen molar-refractivity contribution in [2.24, 2.45) is 5.73 Å². The fourth-order valence-corrected chi connectivity index (χ4v) is 1.74. The molecule has 1 heterocycles. The van der Waals surface area contributed by atoms with Crippen molar-refractivity contribution in [2.75, 3.05) is 6.61 Å². The molecule has 1 atom stereocenters. The smallest absolute Gasteiger partial charge is 0.0705 e. The Hall–Kier alpha value is -1.45. The maximum Gasteiger partial charge on any atom is 0.0705 e. The van der Waals surface area contributed by atoms with E-state index in [-0.39, 0.29) is 12.6 Å². The molecule has 2 aromatic rings. The van der Waals surface area contributed by atoms with Gasteiger partial charge in [0.2, 0.25) is 0 Å². The molecule has 0 bridgehead atoms. The first kappa shape index (κ1) is 10.1. The molecule has 78 valence electrons. The van der Waals surface area contributed by atoms with Gasteiger partial charge in [-0.3, -0.25) is 4.98 Å². The van der Waals surface area contributed by atoms with E-state index in [2.05, 4.69) is 4.98 Å². The third kappa shape index (κ3) is 1.98. The highest BCUT2D eigenvalue weighted by Crippen LogP contribution is 2.22. The zero-order valence-electron chi connectivity index (χ0n) is 8.43. The first-order valence-corrected chi connectivity index (χ1v) is 5.03. The fourth-order valence-electron chi connectivity index (χ4n) is 1.74. The summed E-state index contributed by atoms with van der Waals surface area (Å²) in [5.41, 5.74) is 7.98. The van der Waals surface area contributed by atoms with Crippen LogP contribution in [0, 0.1) is 0 Å². The van der Waals surface area contributed by atoms with E-state index in [1.807, 2.05) is 30.3 Å². The number of nitrogens with two attached hydrogens (primary N) is 1. The summed E-state index contributed by atoms with van der Waals surface area (Å²) in [5, 5.41) is 9.94. The Balaban J connectivity index is 2.50. The first-order valence-electron chi connectivity index (χ1n) is 5.03. The van der Waals surface area contributed by atoms with E-state index in [0.29, 0.717) is 6.42 Å². The van der Waals surface area contributed by atoms with Crippen LogP contribution in [0.4, 0.5) is 0 Å². The topological polar surface area (TPSA) is 59.1 Å². The molecule has 1 unspecified atom stereocenters. The SMILES string of the molecule is NC(CCO)c1ccnc2ccccc12. The molecule has 15 heavy (non-hydrogen) atoms. The van der Waals surface area contributed by atoms with Gasteiger partial charge in [-0.15, -0.1) is 0 Å². The summed E-state index contributed by atoms with van der Waals surface area (Å²) >= 11 is 0. The Morgan fingerprint density at radius 3 is 2.87 bits per heavy atom. The molecule has 3 nitrogen and oxygen atoms in total. The average molecular weight is 202 g/mol. The van der Waals surface area contributed by atoms with Gasteiger partial charge in [-0.05, 0) is 24.1 Å². The molecule has 2 rings (SSSR count). The Labute approximate surface area is 88.6 Å². The number of aliphatic hydroxyl groups is 1. The summed E-state index contributed by atoms with van der Waals surface area (Å²) in [4.78, 5) is 4.27. The van der Waals surface area contributed by atoms with Gasteiger partial charge >= 0.3 is 0 Å². The lowest BCUT2D eigenvalue weighted by atomic mass is 10.0. The molecule has 0 spiro atoms. The minimum atomic E-state index is -0.122.